The molecule has 252 valence electrons. The Hall–Kier alpha value is -2.70. The van der Waals surface area contributed by atoms with Gasteiger partial charge >= 0.3 is 0 Å². The van der Waals surface area contributed by atoms with Crippen molar-refractivity contribution in [3.05, 3.63) is 58.6 Å². The van der Waals surface area contributed by atoms with Gasteiger partial charge in [-0.05, 0) is 104 Å². The lowest BCUT2D eigenvalue weighted by Gasteiger charge is -2.42. The second-order valence-electron chi connectivity index (χ2n) is 16.5. The van der Waals surface area contributed by atoms with Gasteiger partial charge in [0.15, 0.2) is 0 Å². The quantitative estimate of drug-likeness (QED) is 0.199. The van der Waals surface area contributed by atoms with E-state index in [1.165, 1.54) is 0 Å². The number of hydrogen-bond acceptors (Lipinski definition) is 6. The monoisotopic (exact) mass is 622 g/mol. The van der Waals surface area contributed by atoms with E-state index in [9.17, 15) is 0 Å². The van der Waals surface area contributed by atoms with Crippen molar-refractivity contribution in [3.8, 4) is 11.5 Å². The van der Waals surface area contributed by atoms with E-state index >= 15 is 0 Å². The molecule has 0 radical (unpaired) electrons. The van der Waals surface area contributed by atoms with E-state index < -0.39 is 0 Å². The summed E-state index contributed by atoms with van der Waals surface area (Å²) in [6.07, 6.45) is 8.20. The standard InChI is InChI=1S/C39H62N2O4/c1-14-30(43-28(3)25-40-37(7,8)9)24-34-27(2)20-35(45-34)38(10,11)18-19-39(12,13)41-29-21-33(22-29)44-32-17-15-16-31(23-32)42-26-36(4,5)6/h14-17,20,23-24,28-29,33,40-41H,2,18-19,21-22,25-26H2,1,3-13H3/b30-14+,34-24+/t28?,29-,33+. The Bertz CT molecular complexity index is 1370. The third-order valence-corrected chi connectivity index (χ3v) is 8.17. The molecule has 1 aromatic carbocycles. The third kappa shape index (κ3) is 12.5. The van der Waals surface area contributed by atoms with Crippen molar-refractivity contribution in [1.82, 2.24) is 10.6 Å². The fourth-order valence-electron chi connectivity index (χ4n) is 5.22. The zero-order valence-corrected chi connectivity index (χ0v) is 30.4. The number of hydrogen-bond donors (Lipinski definition) is 2. The summed E-state index contributed by atoms with van der Waals surface area (Å²) >= 11 is 0. The zero-order valence-electron chi connectivity index (χ0n) is 30.4. The number of furan rings is 1. The van der Waals surface area contributed by atoms with Gasteiger partial charge < -0.3 is 29.3 Å². The number of ether oxygens (including phenoxy) is 3. The van der Waals surface area contributed by atoms with Crippen molar-refractivity contribution < 1.29 is 18.6 Å². The van der Waals surface area contributed by atoms with Crippen LogP contribution >= 0.6 is 0 Å². The molecule has 0 saturated heterocycles. The molecular weight excluding hydrogens is 560 g/mol. The molecule has 45 heavy (non-hydrogen) atoms. The maximum atomic E-state index is 6.40. The minimum atomic E-state index is -0.135. The fourth-order valence-corrected chi connectivity index (χ4v) is 5.22. The number of rotatable bonds is 15. The molecule has 2 aromatic rings. The maximum Gasteiger partial charge on any atom is 0.137 e. The van der Waals surface area contributed by atoms with Crippen molar-refractivity contribution in [2.24, 2.45) is 5.41 Å². The summed E-state index contributed by atoms with van der Waals surface area (Å²) in [4.78, 5) is 0. The molecule has 1 aliphatic carbocycles. The second kappa shape index (κ2) is 14.8. The molecule has 0 bridgehead atoms. The number of allylic oxidation sites excluding steroid dienone is 2. The van der Waals surface area contributed by atoms with Gasteiger partial charge in [0.1, 0.15) is 40.6 Å². The Labute approximate surface area is 273 Å². The van der Waals surface area contributed by atoms with Crippen molar-refractivity contribution in [2.75, 3.05) is 13.2 Å². The predicted octanol–water partition coefficient (Wildman–Crippen LogP) is 7.63. The highest BCUT2D eigenvalue weighted by Crippen LogP contribution is 2.33. The van der Waals surface area contributed by atoms with Crippen LogP contribution in [0.2, 0.25) is 0 Å². The van der Waals surface area contributed by atoms with Gasteiger partial charge in [-0.25, -0.2) is 0 Å². The Balaban J connectivity index is 1.50. The zero-order chi connectivity index (χ0) is 33.6. The summed E-state index contributed by atoms with van der Waals surface area (Å²) in [7, 11) is 0. The van der Waals surface area contributed by atoms with E-state index in [0.717, 1.165) is 65.9 Å². The lowest BCUT2D eigenvalue weighted by Crippen LogP contribution is -2.54. The Kier molecular flexibility index (Phi) is 12.1. The highest BCUT2D eigenvalue weighted by molar-refractivity contribution is 5.41. The van der Waals surface area contributed by atoms with Gasteiger partial charge in [-0.1, -0.05) is 47.3 Å². The van der Waals surface area contributed by atoms with Crippen molar-refractivity contribution >= 4 is 12.7 Å². The molecule has 1 atom stereocenters. The van der Waals surface area contributed by atoms with Crippen LogP contribution in [-0.4, -0.2) is 42.5 Å². The van der Waals surface area contributed by atoms with Gasteiger partial charge in [0.2, 0.25) is 0 Å². The van der Waals surface area contributed by atoms with Crippen LogP contribution in [-0.2, 0) is 10.2 Å². The SMILES string of the molecule is C=c1cc(C(C)(C)CCC(C)(C)N[C@H]2C[C@@H](Oc3cccc(OCC(C)(C)C)c3)C2)o/c1=C/C(=C\C)OC(C)CNC(C)(C)C. The van der Waals surface area contributed by atoms with Gasteiger partial charge in [0.05, 0.1) is 6.61 Å². The minimum Gasteiger partial charge on any atom is -0.493 e. The van der Waals surface area contributed by atoms with Crippen LogP contribution in [0.1, 0.15) is 115 Å². The van der Waals surface area contributed by atoms with Crippen LogP contribution in [0.5, 0.6) is 11.5 Å². The van der Waals surface area contributed by atoms with Crippen LogP contribution in [0.25, 0.3) is 12.7 Å². The first-order chi connectivity index (χ1) is 20.7. The van der Waals surface area contributed by atoms with Gasteiger partial charge in [-0.15, -0.1) is 0 Å². The third-order valence-electron chi connectivity index (χ3n) is 8.17. The van der Waals surface area contributed by atoms with E-state index in [1.54, 1.807) is 0 Å². The van der Waals surface area contributed by atoms with Crippen LogP contribution in [0.3, 0.4) is 0 Å². The van der Waals surface area contributed by atoms with E-state index in [1.807, 2.05) is 43.3 Å². The predicted molar refractivity (Wildman–Crippen MR) is 188 cm³/mol. The highest BCUT2D eigenvalue weighted by atomic mass is 16.5. The molecule has 1 aromatic heterocycles. The summed E-state index contributed by atoms with van der Waals surface area (Å²) in [5.41, 5.74) is 0.782. The van der Waals surface area contributed by atoms with Gasteiger partial charge in [0, 0.05) is 46.4 Å². The van der Waals surface area contributed by atoms with Crippen molar-refractivity contribution in [1.29, 1.82) is 0 Å². The second-order valence-corrected chi connectivity index (χ2v) is 16.5. The Morgan fingerprint density at radius 2 is 1.67 bits per heavy atom. The molecule has 2 N–H and O–H groups in total. The molecule has 1 heterocycles. The molecule has 0 spiro atoms. The van der Waals surface area contributed by atoms with E-state index in [4.69, 9.17) is 18.6 Å². The topological polar surface area (TPSA) is 64.9 Å². The fraction of sp³-hybridized carbons (Fsp3) is 0.641. The molecule has 0 aliphatic heterocycles. The molecular formula is C39H62N2O4. The maximum absolute atomic E-state index is 6.40. The molecule has 1 aliphatic rings. The summed E-state index contributed by atoms with van der Waals surface area (Å²) in [5.74, 6) is 3.49. The Morgan fingerprint density at radius 1 is 1.00 bits per heavy atom. The Morgan fingerprint density at radius 3 is 2.29 bits per heavy atom. The first kappa shape index (κ1) is 36.8. The number of benzene rings is 1. The van der Waals surface area contributed by atoms with Gasteiger partial charge in [-0.3, -0.25) is 0 Å². The lowest BCUT2D eigenvalue weighted by atomic mass is 9.79. The largest absolute Gasteiger partial charge is 0.493 e. The minimum absolute atomic E-state index is 0.00829. The average molecular weight is 623 g/mol. The average Bonchev–Trinajstić information content (AvgIpc) is 3.28. The summed E-state index contributed by atoms with van der Waals surface area (Å²) < 4.78 is 24.8. The van der Waals surface area contributed by atoms with E-state index in [2.05, 4.69) is 99.4 Å². The normalized spacial score (nSPS) is 19.3. The first-order valence-corrected chi connectivity index (χ1v) is 16.8. The smallest absolute Gasteiger partial charge is 0.137 e. The van der Waals surface area contributed by atoms with Gasteiger partial charge in [0.25, 0.3) is 0 Å². The van der Waals surface area contributed by atoms with E-state index in [-0.39, 0.29) is 34.1 Å². The lowest BCUT2D eigenvalue weighted by molar-refractivity contribution is 0.0685. The highest BCUT2D eigenvalue weighted by Gasteiger charge is 2.36. The molecule has 6 heteroatoms. The molecule has 6 nitrogen and oxygen atoms in total. The van der Waals surface area contributed by atoms with E-state index in [0.29, 0.717) is 12.6 Å². The number of nitrogens with one attached hydrogen (secondary N) is 2. The summed E-state index contributed by atoms with van der Waals surface area (Å²) in [6.45, 7) is 31.9. The molecule has 1 fully saturated rings. The molecule has 1 unspecified atom stereocenters. The van der Waals surface area contributed by atoms with Crippen molar-refractivity contribution in [2.45, 2.75) is 144 Å². The van der Waals surface area contributed by atoms with Gasteiger partial charge in [-0.2, -0.15) is 0 Å². The van der Waals surface area contributed by atoms with Crippen LogP contribution in [0, 0.1) is 5.41 Å². The first-order valence-electron chi connectivity index (χ1n) is 16.8. The van der Waals surface area contributed by atoms with Crippen LogP contribution in [0.15, 0.2) is 46.6 Å². The molecule has 1 saturated carbocycles. The summed E-state index contributed by atoms with van der Waals surface area (Å²) in [6, 6.07) is 10.6. The van der Waals surface area contributed by atoms with Crippen LogP contribution in [0.4, 0.5) is 0 Å². The molecule has 3 rings (SSSR count). The van der Waals surface area contributed by atoms with Crippen LogP contribution < -0.4 is 30.7 Å². The summed E-state index contributed by atoms with van der Waals surface area (Å²) in [5, 5.41) is 8.27. The molecule has 0 amide bonds. The van der Waals surface area contributed by atoms with Crippen molar-refractivity contribution in [3.63, 3.8) is 0 Å².